The summed E-state index contributed by atoms with van der Waals surface area (Å²) < 4.78 is 26.2. The molecule has 0 atom stereocenters. The predicted octanol–water partition coefficient (Wildman–Crippen LogP) is 3.87. The van der Waals surface area contributed by atoms with Crippen molar-refractivity contribution in [3.05, 3.63) is 64.7 Å². The molecule has 0 heterocycles. The van der Waals surface area contributed by atoms with Crippen LogP contribution in [0.2, 0.25) is 5.02 Å². The van der Waals surface area contributed by atoms with Gasteiger partial charge in [0.05, 0.1) is 10.6 Å². The maximum absolute atomic E-state index is 13.2. The van der Waals surface area contributed by atoms with Gasteiger partial charge in [-0.2, -0.15) is 0 Å². The van der Waals surface area contributed by atoms with E-state index in [1.165, 1.54) is 0 Å². The maximum atomic E-state index is 13.2. The van der Waals surface area contributed by atoms with Gasteiger partial charge in [0.2, 0.25) is 0 Å². The Hall–Kier alpha value is -2.14. The average Bonchev–Trinajstić information content (AvgIpc) is 2.55. The van der Waals surface area contributed by atoms with E-state index in [1.807, 2.05) is 37.4 Å². The third kappa shape index (κ3) is 4.66. The van der Waals surface area contributed by atoms with Crippen LogP contribution < -0.4 is 10.2 Å². The van der Waals surface area contributed by atoms with Crippen LogP contribution in [0, 0.1) is 11.6 Å². The van der Waals surface area contributed by atoms with Crippen molar-refractivity contribution in [1.82, 2.24) is 5.32 Å². The fourth-order valence-electron chi connectivity index (χ4n) is 2.12. The van der Waals surface area contributed by atoms with Crippen LogP contribution in [0.1, 0.15) is 16.8 Å². The molecule has 6 heteroatoms. The highest BCUT2D eigenvalue weighted by Gasteiger charge is 2.14. The molecule has 23 heavy (non-hydrogen) atoms. The first-order valence-electron chi connectivity index (χ1n) is 7.18. The molecule has 1 amide bonds. The van der Waals surface area contributed by atoms with Crippen molar-refractivity contribution in [3.63, 3.8) is 0 Å². The summed E-state index contributed by atoms with van der Waals surface area (Å²) in [7, 11) is 1.96. The van der Waals surface area contributed by atoms with E-state index in [9.17, 15) is 13.6 Å². The van der Waals surface area contributed by atoms with Gasteiger partial charge < -0.3 is 10.2 Å². The fraction of sp³-hybridized carbons (Fsp3) is 0.235. The first kappa shape index (κ1) is 17.2. The van der Waals surface area contributed by atoms with E-state index in [0.717, 1.165) is 24.4 Å². The Bertz CT molecular complexity index is 680. The van der Waals surface area contributed by atoms with Crippen molar-refractivity contribution in [3.8, 4) is 0 Å². The Morgan fingerprint density at radius 1 is 1.17 bits per heavy atom. The number of hydrogen-bond donors (Lipinski definition) is 1. The molecule has 0 saturated carbocycles. The molecule has 2 aromatic rings. The van der Waals surface area contributed by atoms with Gasteiger partial charge in [0.1, 0.15) is 0 Å². The summed E-state index contributed by atoms with van der Waals surface area (Å²) in [5.74, 6) is -2.68. The maximum Gasteiger partial charge on any atom is 0.252 e. The van der Waals surface area contributed by atoms with E-state index in [4.69, 9.17) is 11.6 Å². The molecule has 3 nitrogen and oxygen atoms in total. The van der Waals surface area contributed by atoms with Crippen LogP contribution in [0.25, 0.3) is 0 Å². The van der Waals surface area contributed by atoms with Gasteiger partial charge in [-0.05, 0) is 30.7 Å². The number of benzene rings is 2. The quantitative estimate of drug-likeness (QED) is 0.640. The minimum absolute atomic E-state index is 0.0676. The van der Waals surface area contributed by atoms with Gasteiger partial charge >= 0.3 is 0 Å². The lowest BCUT2D eigenvalue weighted by atomic mass is 10.2. The van der Waals surface area contributed by atoms with Crippen molar-refractivity contribution in [2.75, 3.05) is 25.0 Å². The summed E-state index contributed by atoms with van der Waals surface area (Å²) in [6.45, 7) is 1.15. The van der Waals surface area contributed by atoms with Crippen LogP contribution in [0.3, 0.4) is 0 Å². The van der Waals surface area contributed by atoms with Crippen LogP contribution in [0.4, 0.5) is 14.5 Å². The number of carbonyl (C=O) groups is 1. The van der Waals surface area contributed by atoms with Gasteiger partial charge in [0.15, 0.2) is 11.6 Å². The van der Waals surface area contributed by atoms with Crippen molar-refractivity contribution in [2.45, 2.75) is 6.42 Å². The Balaban J connectivity index is 1.82. The zero-order valence-corrected chi connectivity index (χ0v) is 13.4. The van der Waals surface area contributed by atoms with E-state index >= 15 is 0 Å². The van der Waals surface area contributed by atoms with Gasteiger partial charge in [-0.3, -0.25) is 4.79 Å². The highest BCUT2D eigenvalue weighted by molar-refractivity contribution is 6.33. The molecule has 0 aliphatic heterocycles. The van der Waals surface area contributed by atoms with Crippen LogP contribution in [0.15, 0.2) is 42.5 Å². The van der Waals surface area contributed by atoms with Crippen molar-refractivity contribution in [1.29, 1.82) is 0 Å². The van der Waals surface area contributed by atoms with Gasteiger partial charge in [-0.15, -0.1) is 0 Å². The molecule has 0 saturated heterocycles. The molecule has 0 fully saturated rings. The molecule has 0 aliphatic carbocycles. The molecule has 0 unspecified atom stereocenters. The molecular weight excluding hydrogens is 322 g/mol. The van der Waals surface area contributed by atoms with Crippen LogP contribution >= 0.6 is 11.6 Å². The second kappa shape index (κ2) is 7.92. The molecule has 0 radical (unpaired) electrons. The molecule has 0 aliphatic rings. The van der Waals surface area contributed by atoms with E-state index in [2.05, 4.69) is 10.2 Å². The zero-order valence-electron chi connectivity index (χ0n) is 12.7. The van der Waals surface area contributed by atoms with Crippen molar-refractivity contribution in [2.24, 2.45) is 0 Å². The third-order valence-electron chi connectivity index (χ3n) is 3.41. The Morgan fingerprint density at radius 2 is 1.83 bits per heavy atom. The molecule has 2 rings (SSSR count). The standard InChI is InChI=1S/C17H17ClF2N2O/c1-22(12-6-3-2-4-7-12)9-5-8-21-17(23)13-10-15(19)16(20)11-14(13)18/h2-4,6-7,10-11H,5,8-9H2,1H3,(H,21,23). The summed E-state index contributed by atoms with van der Waals surface area (Å²) >= 11 is 5.76. The minimum atomic E-state index is -1.09. The number of carbonyl (C=O) groups excluding carboxylic acids is 1. The zero-order chi connectivity index (χ0) is 16.8. The highest BCUT2D eigenvalue weighted by atomic mass is 35.5. The summed E-state index contributed by atoms with van der Waals surface area (Å²) in [4.78, 5) is 14.0. The molecule has 2 aromatic carbocycles. The SMILES string of the molecule is CN(CCCNC(=O)c1cc(F)c(F)cc1Cl)c1ccccc1. The highest BCUT2D eigenvalue weighted by Crippen LogP contribution is 2.19. The fourth-order valence-corrected chi connectivity index (χ4v) is 2.36. The summed E-state index contributed by atoms with van der Waals surface area (Å²) in [6.07, 6.45) is 0.707. The first-order chi connectivity index (χ1) is 11.0. The first-order valence-corrected chi connectivity index (χ1v) is 7.56. The Morgan fingerprint density at radius 3 is 2.52 bits per heavy atom. The number of nitrogens with zero attached hydrogens (tertiary/aromatic N) is 1. The normalized spacial score (nSPS) is 10.4. The van der Waals surface area contributed by atoms with Crippen molar-refractivity contribution >= 4 is 23.2 Å². The third-order valence-corrected chi connectivity index (χ3v) is 3.72. The second-order valence-corrected chi connectivity index (χ2v) is 5.52. The number of hydrogen-bond acceptors (Lipinski definition) is 2. The van der Waals surface area contributed by atoms with Gasteiger partial charge in [0.25, 0.3) is 5.91 Å². The van der Waals surface area contributed by atoms with E-state index in [1.54, 1.807) is 0 Å². The molecule has 1 N–H and O–H groups in total. The van der Waals surface area contributed by atoms with E-state index in [-0.39, 0.29) is 10.6 Å². The number of halogens is 3. The Labute approximate surface area is 138 Å². The summed E-state index contributed by atoms with van der Waals surface area (Å²) in [5.41, 5.74) is 1.02. The number of para-hydroxylation sites is 1. The molecule has 122 valence electrons. The van der Waals surface area contributed by atoms with Gasteiger partial charge in [-0.1, -0.05) is 29.8 Å². The number of amides is 1. The smallest absolute Gasteiger partial charge is 0.252 e. The van der Waals surface area contributed by atoms with Gasteiger partial charge in [-0.25, -0.2) is 8.78 Å². The van der Waals surface area contributed by atoms with E-state index in [0.29, 0.717) is 13.0 Å². The monoisotopic (exact) mass is 338 g/mol. The second-order valence-electron chi connectivity index (χ2n) is 5.11. The molecular formula is C17H17ClF2N2O. The summed E-state index contributed by atoms with van der Waals surface area (Å²) in [5, 5.41) is 2.55. The minimum Gasteiger partial charge on any atom is -0.375 e. The lowest BCUT2D eigenvalue weighted by molar-refractivity contribution is 0.0953. The number of nitrogens with one attached hydrogen (secondary N) is 1. The van der Waals surface area contributed by atoms with Crippen LogP contribution in [-0.4, -0.2) is 26.0 Å². The lowest BCUT2D eigenvalue weighted by Gasteiger charge is -2.19. The van der Waals surface area contributed by atoms with E-state index < -0.39 is 17.5 Å². The van der Waals surface area contributed by atoms with Crippen LogP contribution in [-0.2, 0) is 0 Å². The predicted molar refractivity (Wildman–Crippen MR) is 88.0 cm³/mol. The van der Waals surface area contributed by atoms with Crippen LogP contribution in [0.5, 0.6) is 0 Å². The average molecular weight is 339 g/mol. The lowest BCUT2D eigenvalue weighted by Crippen LogP contribution is -2.28. The van der Waals surface area contributed by atoms with Gasteiger partial charge in [0, 0.05) is 25.8 Å². The largest absolute Gasteiger partial charge is 0.375 e. The molecule has 0 spiro atoms. The summed E-state index contributed by atoms with van der Waals surface area (Å²) in [6, 6.07) is 11.5. The Kier molecular flexibility index (Phi) is 5.93. The number of anilines is 1. The number of rotatable bonds is 6. The molecule has 0 bridgehead atoms. The van der Waals surface area contributed by atoms with Crippen molar-refractivity contribution < 1.29 is 13.6 Å². The molecule has 0 aromatic heterocycles. The topological polar surface area (TPSA) is 32.3 Å².